The van der Waals surface area contributed by atoms with Crippen molar-refractivity contribution in [3.63, 3.8) is 0 Å². The Morgan fingerprint density at radius 3 is 2.28 bits per heavy atom. The first-order valence-electron chi connectivity index (χ1n) is 7.48. The van der Waals surface area contributed by atoms with E-state index in [0.29, 0.717) is 0 Å². The summed E-state index contributed by atoms with van der Waals surface area (Å²) in [5.74, 6) is 4.79. The van der Waals surface area contributed by atoms with Crippen LogP contribution in [0, 0.1) is 11.8 Å². The SMILES string of the molecule is CCc1ccc(S(=O)(=O)NCC#Cc2ccccc2C(F)(F)F)cc1. The molecule has 0 fully saturated rings. The van der Waals surface area contributed by atoms with Gasteiger partial charge in [0.2, 0.25) is 10.0 Å². The zero-order valence-electron chi connectivity index (χ0n) is 13.4. The number of halogens is 3. The van der Waals surface area contributed by atoms with Crippen molar-refractivity contribution in [3.05, 3.63) is 65.2 Å². The van der Waals surface area contributed by atoms with Crippen LogP contribution in [0.2, 0.25) is 0 Å². The summed E-state index contributed by atoms with van der Waals surface area (Å²) in [5.41, 5.74) is -0.0375. The molecule has 25 heavy (non-hydrogen) atoms. The van der Waals surface area contributed by atoms with E-state index in [1.165, 1.54) is 30.3 Å². The topological polar surface area (TPSA) is 46.2 Å². The van der Waals surface area contributed by atoms with Gasteiger partial charge in [-0.3, -0.25) is 0 Å². The van der Waals surface area contributed by atoms with Gasteiger partial charge in [0.05, 0.1) is 17.0 Å². The minimum Gasteiger partial charge on any atom is -0.207 e. The summed E-state index contributed by atoms with van der Waals surface area (Å²) < 4.78 is 65.0. The molecule has 2 rings (SSSR count). The summed E-state index contributed by atoms with van der Waals surface area (Å²) >= 11 is 0. The van der Waals surface area contributed by atoms with Gasteiger partial charge in [0, 0.05) is 5.56 Å². The smallest absolute Gasteiger partial charge is 0.207 e. The fourth-order valence-corrected chi connectivity index (χ4v) is 3.02. The highest BCUT2D eigenvalue weighted by atomic mass is 32.2. The van der Waals surface area contributed by atoms with Crippen LogP contribution in [0.25, 0.3) is 0 Å². The number of sulfonamides is 1. The summed E-state index contributed by atoms with van der Waals surface area (Å²) in [6, 6.07) is 11.3. The van der Waals surface area contributed by atoms with Crippen LogP contribution in [0.1, 0.15) is 23.6 Å². The largest absolute Gasteiger partial charge is 0.417 e. The van der Waals surface area contributed by atoms with Crippen molar-refractivity contribution in [1.29, 1.82) is 0 Å². The molecule has 0 aliphatic heterocycles. The Morgan fingerprint density at radius 2 is 1.68 bits per heavy atom. The summed E-state index contributed by atoms with van der Waals surface area (Å²) in [4.78, 5) is 0.0854. The van der Waals surface area contributed by atoms with Crippen molar-refractivity contribution in [1.82, 2.24) is 4.72 Å². The average molecular weight is 367 g/mol. The van der Waals surface area contributed by atoms with Crippen LogP contribution in [0.5, 0.6) is 0 Å². The Bertz CT molecular complexity index is 892. The minimum atomic E-state index is -4.51. The normalized spacial score (nSPS) is 11.7. The van der Waals surface area contributed by atoms with Crippen LogP contribution in [0.3, 0.4) is 0 Å². The van der Waals surface area contributed by atoms with Crippen molar-refractivity contribution in [3.8, 4) is 11.8 Å². The molecular weight excluding hydrogens is 351 g/mol. The Kier molecular flexibility index (Phi) is 5.88. The quantitative estimate of drug-likeness (QED) is 0.840. The molecule has 0 aromatic heterocycles. The molecule has 7 heteroatoms. The molecule has 0 atom stereocenters. The van der Waals surface area contributed by atoms with E-state index in [-0.39, 0.29) is 17.0 Å². The van der Waals surface area contributed by atoms with Crippen LogP contribution in [0.15, 0.2) is 53.4 Å². The number of alkyl halides is 3. The standard InChI is InChI=1S/C18H16F3NO2S/c1-2-14-9-11-16(12-10-14)25(23,24)22-13-5-7-15-6-3-4-8-17(15)18(19,20)21/h3-4,6,8-12,22H,2,13H2,1H3. The second-order valence-corrected chi connectivity index (χ2v) is 6.93. The number of benzene rings is 2. The Morgan fingerprint density at radius 1 is 1.04 bits per heavy atom. The van der Waals surface area contributed by atoms with E-state index < -0.39 is 21.8 Å². The van der Waals surface area contributed by atoms with E-state index in [1.807, 2.05) is 6.92 Å². The first-order valence-corrected chi connectivity index (χ1v) is 8.96. The molecule has 0 saturated carbocycles. The molecule has 2 aromatic rings. The Labute approximate surface area is 144 Å². The number of hydrogen-bond acceptors (Lipinski definition) is 2. The molecular formula is C18H16F3NO2S. The highest BCUT2D eigenvalue weighted by molar-refractivity contribution is 7.89. The summed E-state index contributed by atoms with van der Waals surface area (Å²) in [5, 5.41) is 0. The van der Waals surface area contributed by atoms with Crippen LogP contribution in [-0.2, 0) is 22.6 Å². The van der Waals surface area contributed by atoms with Crippen molar-refractivity contribution >= 4 is 10.0 Å². The van der Waals surface area contributed by atoms with Gasteiger partial charge in [0.25, 0.3) is 0 Å². The van der Waals surface area contributed by atoms with E-state index in [2.05, 4.69) is 16.6 Å². The molecule has 0 aliphatic rings. The predicted octanol–water partition coefficient (Wildman–Crippen LogP) is 3.60. The second kappa shape index (κ2) is 7.72. The maximum atomic E-state index is 12.9. The lowest BCUT2D eigenvalue weighted by Gasteiger charge is -2.08. The van der Waals surface area contributed by atoms with Gasteiger partial charge < -0.3 is 0 Å². The van der Waals surface area contributed by atoms with Gasteiger partial charge in [0.15, 0.2) is 0 Å². The van der Waals surface area contributed by atoms with Gasteiger partial charge in [-0.25, -0.2) is 8.42 Å². The second-order valence-electron chi connectivity index (χ2n) is 5.17. The third-order valence-electron chi connectivity index (χ3n) is 3.45. The molecule has 0 bridgehead atoms. The fraction of sp³-hybridized carbons (Fsp3) is 0.222. The van der Waals surface area contributed by atoms with Gasteiger partial charge in [-0.1, -0.05) is 43.0 Å². The lowest BCUT2D eigenvalue weighted by Crippen LogP contribution is -2.24. The first-order chi connectivity index (χ1) is 11.7. The van der Waals surface area contributed by atoms with Gasteiger partial charge in [-0.15, -0.1) is 0 Å². The monoisotopic (exact) mass is 367 g/mol. The Balaban J connectivity index is 2.10. The number of rotatable bonds is 4. The first kappa shape index (κ1) is 19.0. The predicted molar refractivity (Wildman–Crippen MR) is 89.3 cm³/mol. The summed E-state index contributed by atoms with van der Waals surface area (Å²) in [6.07, 6.45) is -3.72. The molecule has 3 nitrogen and oxygen atoms in total. The molecule has 132 valence electrons. The zero-order valence-corrected chi connectivity index (χ0v) is 14.2. The van der Waals surface area contributed by atoms with E-state index in [1.54, 1.807) is 12.1 Å². The Hall–Kier alpha value is -2.30. The van der Waals surface area contributed by atoms with Gasteiger partial charge in [-0.05, 0) is 36.2 Å². The number of nitrogens with one attached hydrogen (secondary N) is 1. The lowest BCUT2D eigenvalue weighted by atomic mass is 10.1. The van der Waals surface area contributed by atoms with Gasteiger partial charge in [0.1, 0.15) is 0 Å². The summed E-state index contributed by atoms with van der Waals surface area (Å²) in [6.45, 7) is 1.67. The molecule has 0 unspecified atom stereocenters. The minimum absolute atomic E-state index is 0.0854. The molecule has 1 N–H and O–H groups in total. The fourth-order valence-electron chi connectivity index (χ4n) is 2.10. The molecule has 0 aliphatic carbocycles. The summed E-state index contributed by atoms with van der Waals surface area (Å²) in [7, 11) is -3.75. The number of aryl methyl sites for hydroxylation is 1. The van der Waals surface area contributed by atoms with E-state index >= 15 is 0 Å². The van der Waals surface area contributed by atoms with E-state index in [0.717, 1.165) is 18.1 Å². The lowest BCUT2D eigenvalue weighted by molar-refractivity contribution is -0.137. The van der Waals surface area contributed by atoms with Crippen LogP contribution >= 0.6 is 0 Å². The van der Waals surface area contributed by atoms with Crippen molar-refractivity contribution in [2.45, 2.75) is 24.4 Å². The maximum absolute atomic E-state index is 12.9. The molecule has 0 saturated heterocycles. The maximum Gasteiger partial charge on any atom is 0.417 e. The van der Waals surface area contributed by atoms with Crippen molar-refractivity contribution < 1.29 is 21.6 Å². The van der Waals surface area contributed by atoms with Crippen LogP contribution in [-0.4, -0.2) is 15.0 Å². The van der Waals surface area contributed by atoms with E-state index in [9.17, 15) is 21.6 Å². The van der Waals surface area contributed by atoms with Crippen molar-refractivity contribution in [2.75, 3.05) is 6.54 Å². The van der Waals surface area contributed by atoms with Crippen LogP contribution in [0.4, 0.5) is 13.2 Å². The van der Waals surface area contributed by atoms with Gasteiger partial charge in [-0.2, -0.15) is 17.9 Å². The highest BCUT2D eigenvalue weighted by Gasteiger charge is 2.32. The zero-order chi connectivity index (χ0) is 18.5. The van der Waals surface area contributed by atoms with Crippen molar-refractivity contribution in [2.24, 2.45) is 0 Å². The van der Waals surface area contributed by atoms with Crippen LogP contribution < -0.4 is 4.72 Å². The highest BCUT2D eigenvalue weighted by Crippen LogP contribution is 2.31. The molecule has 0 heterocycles. The third kappa shape index (κ3) is 5.08. The molecule has 0 spiro atoms. The molecule has 0 radical (unpaired) electrons. The van der Waals surface area contributed by atoms with Gasteiger partial charge >= 0.3 is 6.18 Å². The molecule has 0 amide bonds. The number of hydrogen-bond donors (Lipinski definition) is 1. The van der Waals surface area contributed by atoms with E-state index in [4.69, 9.17) is 0 Å². The average Bonchev–Trinajstić information content (AvgIpc) is 2.58. The molecule has 2 aromatic carbocycles. The third-order valence-corrected chi connectivity index (χ3v) is 4.87.